The van der Waals surface area contributed by atoms with Gasteiger partial charge in [-0.1, -0.05) is 53.2 Å². The number of nitrogens with one attached hydrogen (secondary N) is 1. The van der Waals surface area contributed by atoms with Crippen molar-refractivity contribution in [2.24, 2.45) is 5.16 Å². The van der Waals surface area contributed by atoms with E-state index in [1.807, 2.05) is 30.3 Å². The molecule has 1 amide bonds. The van der Waals surface area contributed by atoms with Gasteiger partial charge in [-0.3, -0.25) is 10.2 Å². The fraction of sp³-hybridized carbons (Fsp3) is 0.0667. The number of carbonyl (C=O) groups excluding carboxylic acids is 1. The molecule has 0 aliphatic heterocycles. The number of oxime groups is 1. The first-order valence-electron chi connectivity index (χ1n) is 5.99. The van der Waals surface area contributed by atoms with Gasteiger partial charge in [0.2, 0.25) is 0 Å². The lowest BCUT2D eigenvalue weighted by Gasteiger charge is -2.04. The maximum absolute atomic E-state index is 11.6. The van der Waals surface area contributed by atoms with E-state index in [2.05, 4.69) is 10.5 Å². The van der Waals surface area contributed by atoms with E-state index in [1.165, 1.54) is 0 Å². The number of benzene rings is 2. The molecule has 0 saturated carbocycles. The van der Waals surface area contributed by atoms with Crippen molar-refractivity contribution in [3.63, 3.8) is 0 Å². The predicted octanol–water partition coefficient (Wildman–Crippen LogP) is 4.31. The highest BCUT2D eigenvalue weighted by atomic mass is 35.5. The Morgan fingerprint density at radius 3 is 2.60 bits per heavy atom. The number of amides is 1. The van der Waals surface area contributed by atoms with E-state index in [-0.39, 0.29) is 0 Å². The van der Waals surface area contributed by atoms with Crippen molar-refractivity contribution in [3.8, 4) is 0 Å². The smallest absolute Gasteiger partial charge is 0.298 e. The summed E-state index contributed by atoms with van der Waals surface area (Å²) in [5.74, 6) is 0. The first-order chi connectivity index (χ1) is 9.65. The van der Waals surface area contributed by atoms with Gasteiger partial charge < -0.3 is 0 Å². The molecular formula is C15H13ClN2O2. The van der Waals surface area contributed by atoms with E-state index in [0.717, 1.165) is 5.56 Å². The lowest BCUT2D eigenvalue weighted by Crippen LogP contribution is -2.11. The lowest BCUT2D eigenvalue weighted by molar-refractivity contribution is 0.166. The normalized spacial score (nSPS) is 11.0. The van der Waals surface area contributed by atoms with E-state index in [9.17, 15) is 4.79 Å². The minimum atomic E-state index is -0.664. The Morgan fingerprint density at radius 1 is 1.15 bits per heavy atom. The van der Waals surface area contributed by atoms with Gasteiger partial charge in [0.05, 0.1) is 5.71 Å². The molecule has 2 aromatic carbocycles. The number of rotatable bonds is 3. The van der Waals surface area contributed by atoms with Crippen molar-refractivity contribution >= 4 is 29.1 Å². The van der Waals surface area contributed by atoms with E-state index in [1.54, 1.807) is 31.2 Å². The average Bonchev–Trinajstić information content (AvgIpc) is 2.46. The summed E-state index contributed by atoms with van der Waals surface area (Å²) in [6.45, 7) is 1.77. The van der Waals surface area contributed by atoms with Gasteiger partial charge in [0.15, 0.2) is 0 Å². The van der Waals surface area contributed by atoms with E-state index >= 15 is 0 Å². The number of nitrogens with zero attached hydrogens (tertiary/aromatic N) is 1. The minimum absolute atomic E-state index is 0.534. The summed E-state index contributed by atoms with van der Waals surface area (Å²) >= 11 is 5.82. The Bertz CT molecular complexity index is 627. The van der Waals surface area contributed by atoms with Crippen LogP contribution in [0, 0.1) is 0 Å². The van der Waals surface area contributed by atoms with E-state index in [0.29, 0.717) is 16.4 Å². The number of hydrogen-bond acceptors (Lipinski definition) is 3. The van der Waals surface area contributed by atoms with Gasteiger partial charge in [-0.25, -0.2) is 4.79 Å². The molecule has 0 aromatic heterocycles. The fourth-order valence-electron chi connectivity index (χ4n) is 1.55. The van der Waals surface area contributed by atoms with Gasteiger partial charge in [0.1, 0.15) is 0 Å². The minimum Gasteiger partial charge on any atom is -0.298 e. The highest BCUT2D eigenvalue weighted by molar-refractivity contribution is 6.30. The zero-order valence-corrected chi connectivity index (χ0v) is 11.6. The van der Waals surface area contributed by atoms with Crippen molar-refractivity contribution in [2.45, 2.75) is 6.92 Å². The van der Waals surface area contributed by atoms with Gasteiger partial charge in [-0.05, 0) is 30.7 Å². The summed E-state index contributed by atoms with van der Waals surface area (Å²) in [5, 5.41) is 6.86. The monoisotopic (exact) mass is 288 g/mol. The molecule has 0 unspecified atom stereocenters. The van der Waals surface area contributed by atoms with Crippen molar-refractivity contribution in [2.75, 3.05) is 5.32 Å². The van der Waals surface area contributed by atoms with Crippen LogP contribution in [0.2, 0.25) is 5.02 Å². The molecule has 2 aromatic rings. The first-order valence-corrected chi connectivity index (χ1v) is 6.36. The second-order valence-electron chi connectivity index (χ2n) is 4.06. The summed E-state index contributed by atoms with van der Waals surface area (Å²) in [5.41, 5.74) is 2.06. The molecule has 0 atom stereocenters. The van der Waals surface area contributed by atoms with Gasteiger partial charge >= 0.3 is 6.09 Å². The Morgan fingerprint density at radius 2 is 1.90 bits per heavy atom. The molecule has 0 heterocycles. The molecule has 0 saturated heterocycles. The molecule has 1 N–H and O–H groups in total. The average molecular weight is 289 g/mol. The summed E-state index contributed by atoms with van der Waals surface area (Å²) < 4.78 is 0. The molecular weight excluding hydrogens is 276 g/mol. The highest BCUT2D eigenvalue weighted by Gasteiger charge is 2.04. The lowest BCUT2D eigenvalue weighted by atomic mass is 10.1. The van der Waals surface area contributed by atoms with Crippen molar-refractivity contribution < 1.29 is 9.63 Å². The summed E-state index contributed by atoms with van der Waals surface area (Å²) in [6, 6.07) is 16.2. The Hall–Kier alpha value is -2.33. The van der Waals surface area contributed by atoms with Crippen LogP contribution in [0.15, 0.2) is 59.8 Å². The third-order valence-electron chi connectivity index (χ3n) is 2.53. The topological polar surface area (TPSA) is 50.7 Å². The van der Waals surface area contributed by atoms with Crippen LogP contribution in [-0.4, -0.2) is 11.8 Å². The first kappa shape index (κ1) is 14.1. The number of halogens is 1. The van der Waals surface area contributed by atoms with E-state index < -0.39 is 6.09 Å². The molecule has 20 heavy (non-hydrogen) atoms. The van der Waals surface area contributed by atoms with Crippen LogP contribution in [0.3, 0.4) is 0 Å². The molecule has 0 aliphatic carbocycles. The molecule has 0 aliphatic rings. The second kappa shape index (κ2) is 6.73. The molecule has 0 spiro atoms. The Labute approximate surface area is 122 Å². The standard InChI is InChI=1S/C15H13ClN2O2/c1-11(12-6-3-2-4-7-12)18-20-15(19)17-14-9-5-8-13(16)10-14/h2-10H,1H3,(H,17,19)/b18-11+. The molecule has 0 bridgehead atoms. The van der Waals surface area contributed by atoms with Crippen LogP contribution >= 0.6 is 11.6 Å². The predicted molar refractivity (Wildman–Crippen MR) is 80.2 cm³/mol. The van der Waals surface area contributed by atoms with Gasteiger partial charge in [-0.15, -0.1) is 0 Å². The van der Waals surface area contributed by atoms with Gasteiger partial charge in [0, 0.05) is 10.7 Å². The number of carbonyl (C=O) groups is 1. The van der Waals surface area contributed by atoms with Gasteiger partial charge in [-0.2, -0.15) is 0 Å². The van der Waals surface area contributed by atoms with Crippen LogP contribution < -0.4 is 5.32 Å². The fourth-order valence-corrected chi connectivity index (χ4v) is 1.74. The summed E-state index contributed by atoms with van der Waals surface area (Å²) in [7, 11) is 0. The van der Waals surface area contributed by atoms with Crippen molar-refractivity contribution in [3.05, 3.63) is 65.2 Å². The van der Waals surface area contributed by atoms with Gasteiger partial charge in [0.25, 0.3) is 0 Å². The molecule has 2 rings (SSSR count). The van der Waals surface area contributed by atoms with Crippen LogP contribution in [0.25, 0.3) is 0 Å². The summed E-state index contributed by atoms with van der Waals surface area (Å²) in [6.07, 6.45) is -0.664. The summed E-state index contributed by atoms with van der Waals surface area (Å²) in [4.78, 5) is 16.4. The maximum Gasteiger partial charge on any atom is 0.437 e. The third kappa shape index (κ3) is 4.10. The van der Waals surface area contributed by atoms with E-state index in [4.69, 9.17) is 16.4 Å². The highest BCUT2D eigenvalue weighted by Crippen LogP contribution is 2.15. The SMILES string of the molecule is C/C(=N\OC(=O)Nc1cccc(Cl)c1)c1ccccc1. The Balaban J connectivity index is 1.95. The zero-order chi connectivity index (χ0) is 14.4. The molecule has 0 fully saturated rings. The molecule has 0 radical (unpaired) electrons. The van der Waals surface area contributed by atoms with Crippen LogP contribution in [0.1, 0.15) is 12.5 Å². The Kier molecular flexibility index (Phi) is 4.74. The number of hydrogen-bond donors (Lipinski definition) is 1. The second-order valence-corrected chi connectivity index (χ2v) is 4.49. The maximum atomic E-state index is 11.6. The molecule has 102 valence electrons. The van der Waals surface area contributed by atoms with Crippen LogP contribution in [0.5, 0.6) is 0 Å². The number of anilines is 1. The zero-order valence-electron chi connectivity index (χ0n) is 10.8. The van der Waals surface area contributed by atoms with Crippen molar-refractivity contribution in [1.82, 2.24) is 0 Å². The van der Waals surface area contributed by atoms with Crippen molar-refractivity contribution in [1.29, 1.82) is 0 Å². The quantitative estimate of drug-likeness (QED) is 0.520. The third-order valence-corrected chi connectivity index (χ3v) is 2.76. The van der Waals surface area contributed by atoms with Crippen LogP contribution in [-0.2, 0) is 4.84 Å². The largest absolute Gasteiger partial charge is 0.437 e. The van der Waals surface area contributed by atoms with Crippen LogP contribution in [0.4, 0.5) is 10.5 Å². The molecule has 5 heteroatoms. The molecule has 4 nitrogen and oxygen atoms in total.